The summed E-state index contributed by atoms with van der Waals surface area (Å²) in [5.41, 5.74) is 5.19. The summed E-state index contributed by atoms with van der Waals surface area (Å²) in [7, 11) is 0. The van der Waals surface area contributed by atoms with E-state index >= 15 is 0 Å². The monoisotopic (exact) mass is 357 g/mol. The first-order valence-electron chi connectivity index (χ1n) is 8.58. The third-order valence-electron chi connectivity index (χ3n) is 3.73. The molecule has 2 rings (SSSR count). The summed E-state index contributed by atoms with van der Waals surface area (Å²) >= 11 is 5.81. The molecule has 0 aliphatic carbocycles. The van der Waals surface area contributed by atoms with E-state index in [4.69, 9.17) is 11.6 Å². The Hall–Kier alpha value is -2.33. The molecule has 0 bridgehead atoms. The third-order valence-corrected chi connectivity index (χ3v) is 3.98. The first kappa shape index (κ1) is 19.0. The maximum atomic E-state index is 12.0. The first-order valence-corrected chi connectivity index (χ1v) is 8.95. The van der Waals surface area contributed by atoms with Crippen molar-refractivity contribution in [3.05, 3.63) is 64.7 Å². The Kier molecular flexibility index (Phi) is 7.48. The van der Waals surface area contributed by atoms with Crippen LogP contribution in [0, 0.1) is 0 Å². The van der Waals surface area contributed by atoms with Crippen molar-refractivity contribution in [1.29, 1.82) is 0 Å². The number of rotatable bonds is 8. The molecule has 1 N–H and O–H groups in total. The van der Waals surface area contributed by atoms with Gasteiger partial charge in [0, 0.05) is 29.4 Å². The standard InChI is InChI=1S/C20H24ClN3O/c1-3-13-24(14-4-2)19-11-5-16(6-12-19)15-22-23-20(25)17-7-9-18(21)10-8-17/h5-12,15H,3-4,13-14H2,1-2H3,(H,23,25)/b22-15+. The van der Waals surface area contributed by atoms with Crippen LogP contribution in [-0.4, -0.2) is 25.2 Å². The number of carbonyl (C=O) groups excluding carboxylic acids is 1. The minimum Gasteiger partial charge on any atom is -0.372 e. The van der Waals surface area contributed by atoms with Gasteiger partial charge in [0.05, 0.1) is 6.21 Å². The van der Waals surface area contributed by atoms with E-state index in [1.165, 1.54) is 5.69 Å². The number of halogens is 1. The fourth-order valence-corrected chi connectivity index (χ4v) is 2.64. The second kappa shape index (κ2) is 9.84. The highest BCUT2D eigenvalue weighted by Gasteiger charge is 2.05. The Balaban J connectivity index is 1.94. The van der Waals surface area contributed by atoms with E-state index in [1.807, 2.05) is 12.1 Å². The molecule has 0 saturated carbocycles. The Bertz CT molecular complexity index is 690. The lowest BCUT2D eigenvalue weighted by atomic mass is 10.2. The zero-order valence-corrected chi connectivity index (χ0v) is 15.5. The zero-order chi connectivity index (χ0) is 18.1. The number of nitrogens with zero attached hydrogens (tertiary/aromatic N) is 2. The van der Waals surface area contributed by atoms with Crippen LogP contribution in [0.5, 0.6) is 0 Å². The molecule has 2 aromatic carbocycles. The van der Waals surface area contributed by atoms with Gasteiger partial charge in [-0.15, -0.1) is 0 Å². The fourth-order valence-electron chi connectivity index (χ4n) is 2.51. The van der Waals surface area contributed by atoms with Gasteiger partial charge in [0.1, 0.15) is 0 Å². The van der Waals surface area contributed by atoms with Crippen LogP contribution in [0.2, 0.25) is 5.02 Å². The summed E-state index contributed by atoms with van der Waals surface area (Å²) in [6, 6.07) is 14.9. The Morgan fingerprint density at radius 2 is 1.64 bits per heavy atom. The van der Waals surface area contributed by atoms with Gasteiger partial charge in [-0.3, -0.25) is 4.79 Å². The molecule has 0 fully saturated rings. The van der Waals surface area contributed by atoms with Crippen molar-refractivity contribution in [2.24, 2.45) is 5.10 Å². The van der Waals surface area contributed by atoms with Gasteiger partial charge in [-0.1, -0.05) is 37.6 Å². The highest BCUT2D eigenvalue weighted by Crippen LogP contribution is 2.15. The van der Waals surface area contributed by atoms with Crippen LogP contribution in [0.15, 0.2) is 53.6 Å². The number of nitrogens with one attached hydrogen (secondary N) is 1. The number of carbonyl (C=O) groups is 1. The smallest absolute Gasteiger partial charge is 0.271 e. The van der Waals surface area contributed by atoms with E-state index in [9.17, 15) is 4.79 Å². The molecule has 25 heavy (non-hydrogen) atoms. The summed E-state index contributed by atoms with van der Waals surface area (Å²) in [4.78, 5) is 14.3. The van der Waals surface area contributed by atoms with Crippen molar-refractivity contribution in [2.75, 3.05) is 18.0 Å². The van der Waals surface area contributed by atoms with Crippen molar-refractivity contribution in [3.8, 4) is 0 Å². The van der Waals surface area contributed by atoms with Gasteiger partial charge in [-0.25, -0.2) is 5.43 Å². The van der Waals surface area contributed by atoms with Gasteiger partial charge in [0.25, 0.3) is 5.91 Å². The quantitative estimate of drug-likeness (QED) is 0.548. The molecule has 0 aliphatic heterocycles. The summed E-state index contributed by atoms with van der Waals surface area (Å²) < 4.78 is 0. The molecular formula is C20H24ClN3O. The van der Waals surface area contributed by atoms with Crippen molar-refractivity contribution in [2.45, 2.75) is 26.7 Å². The molecule has 4 nitrogen and oxygen atoms in total. The van der Waals surface area contributed by atoms with Crippen molar-refractivity contribution in [1.82, 2.24) is 5.43 Å². The number of anilines is 1. The Morgan fingerprint density at radius 3 is 2.20 bits per heavy atom. The van der Waals surface area contributed by atoms with Gasteiger partial charge >= 0.3 is 0 Å². The molecule has 1 amide bonds. The Labute approximate surface area is 154 Å². The van der Waals surface area contributed by atoms with E-state index in [1.54, 1.807) is 30.5 Å². The minimum absolute atomic E-state index is 0.262. The largest absolute Gasteiger partial charge is 0.372 e. The van der Waals surface area contributed by atoms with Gasteiger partial charge in [0.2, 0.25) is 0 Å². The number of amides is 1. The van der Waals surface area contributed by atoms with Crippen molar-refractivity contribution in [3.63, 3.8) is 0 Å². The molecule has 0 aliphatic rings. The second-order valence-corrected chi connectivity index (χ2v) is 6.22. The summed E-state index contributed by atoms with van der Waals surface area (Å²) in [5, 5.41) is 4.61. The van der Waals surface area contributed by atoms with Crippen LogP contribution in [0.1, 0.15) is 42.6 Å². The first-order chi connectivity index (χ1) is 12.1. The molecule has 0 saturated heterocycles. The van der Waals surface area contributed by atoms with Crippen LogP contribution in [-0.2, 0) is 0 Å². The Morgan fingerprint density at radius 1 is 1.04 bits per heavy atom. The average molecular weight is 358 g/mol. The van der Waals surface area contributed by atoms with Crippen LogP contribution in [0.3, 0.4) is 0 Å². The average Bonchev–Trinajstić information content (AvgIpc) is 2.62. The normalized spacial score (nSPS) is 10.8. The lowest BCUT2D eigenvalue weighted by Gasteiger charge is -2.23. The van der Waals surface area contributed by atoms with Crippen molar-refractivity contribution < 1.29 is 4.79 Å². The number of benzene rings is 2. The molecule has 0 heterocycles. The SMILES string of the molecule is CCCN(CCC)c1ccc(/C=N/NC(=O)c2ccc(Cl)cc2)cc1. The van der Waals surface area contributed by atoms with Crippen LogP contribution < -0.4 is 10.3 Å². The molecule has 132 valence electrons. The van der Waals surface area contributed by atoms with E-state index in [0.717, 1.165) is 31.5 Å². The van der Waals surface area contributed by atoms with E-state index in [0.29, 0.717) is 10.6 Å². The molecule has 2 aromatic rings. The second-order valence-electron chi connectivity index (χ2n) is 5.78. The van der Waals surface area contributed by atoms with E-state index in [-0.39, 0.29) is 5.91 Å². The van der Waals surface area contributed by atoms with Gasteiger partial charge in [0.15, 0.2) is 0 Å². The highest BCUT2D eigenvalue weighted by molar-refractivity contribution is 6.30. The molecule has 5 heteroatoms. The topological polar surface area (TPSA) is 44.7 Å². The lowest BCUT2D eigenvalue weighted by Crippen LogP contribution is -2.24. The maximum absolute atomic E-state index is 12.0. The molecule has 0 atom stereocenters. The predicted octanol–water partition coefficient (Wildman–Crippen LogP) is 4.73. The van der Waals surface area contributed by atoms with Crippen LogP contribution in [0.25, 0.3) is 0 Å². The molecule has 0 radical (unpaired) electrons. The van der Waals surface area contributed by atoms with Crippen molar-refractivity contribution >= 4 is 29.4 Å². The zero-order valence-electron chi connectivity index (χ0n) is 14.7. The van der Waals surface area contributed by atoms with Gasteiger partial charge in [-0.05, 0) is 54.8 Å². The van der Waals surface area contributed by atoms with E-state index < -0.39 is 0 Å². The van der Waals surface area contributed by atoms with Crippen LogP contribution in [0.4, 0.5) is 5.69 Å². The molecular weight excluding hydrogens is 334 g/mol. The summed E-state index contributed by atoms with van der Waals surface area (Å²) in [6.07, 6.45) is 3.89. The van der Waals surface area contributed by atoms with Gasteiger partial charge in [-0.2, -0.15) is 5.10 Å². The highest BCUT2D eigenvalue weighted by atomic mass is 35.5. The summed E-state index contributed by atoms with van der Waals surface area (Å²) in [6.45, 7) is 6.48. The number of hydrogen-bond acceptors (Lipinski definition) is 3. The predicted molar refractivity (Wildman–Crippen MR) is 106 cm³/mol. The summed E-state index contributed by atoms with van der Waals surface area (Å²) in [5.74, 6) is -0.262. The number of hydrazone groups is 1. The molecule has 0 unspecified atom stereocenters. The third kappa shape index (κ3) is 5.91. The van der Waals surface area contributed by atoms with E-state index in [2.05, 4.69) is 41.4 Å². The molecule has 0 aromatic heterocycles. The maximum Gasteiger partial charge on any atom is 0.271 e. The minimum atomic E-state index is -0.262. The fraction of sp³-hybridized carbons (Fsp3) is 0.300. The number of hydrogen-bond donors (Lipinski definition) is 1. The molecule has 0 spiro atoms. The van der Waals surface area contributed by atoms with Crippen LogP contribution >= 0.6 is 11.6 Å². The van der Waals surface area contributed by atoms with Gasteiger partial charge < -0.3 is 4.90 Å². The lowest BCUT2D eigenvalue weighted by molar-refractivity contribution is 0.0955.